The number of benzene rings is 4. The molecule has 0 unspecified atom stereocenters. The lowest BCUT2D eigenvalue weighted by Gasteiger charge is -2.08. The first-order valence-electron chi connectivity index (χ1n) is 9.81. The van der Waals surface area contributed by atoms with E-state index < -0.39 is 5.97 Å². The van der Waals surface area contributed by atoms with Gasteiger partial charge in [0.2, 0.25) is 0 Å². The van der Waals surface area contributed by atoms with Gasteiger partial charge in [0.25, 0.3) is 0 Å². The summed E-state index contributed by atoms with van der Waals surface area (Å²) < 4.78 is 11.2. The molecule has 150 valence electrons. The van der Waals surface area contributed by atoms with Crippen molar-refractivity contribution in [1.29, 1.82) is 5.26 Å². The van der Waals surface area contributed by atoms with Crippen molar-refractivity contribution in [2.24, 2.45) is 0 Å². The van der Waals surface area contributed by atoms with Crippen LogP contribution in [0.3, 0.4) is 0 Å². The smallest absolute Gasteiger partial charge is 0.343 e. The van der Waals surface area contributed by atoms with Crippen molar-refractivity contribution in [1.82, 2.24) is 0 Å². The van der Waals surface area contributed by atoms with Crippen molar-refractivity contribution in [3.63, 3.8) is 0 Å². The van der Waals surface area contributed by atoms with Gasteiger partial charge in [0.05, 0.1) is 17.2 Å². The highest BCUT2D eigenvalue weighted by atomic mass is 16.5. The van der Waals surface area contributed by atoms with Gasteiger partial charge in [-0.25, -0.2) is 4.79 Å². The number of carbonyl (C=O) groups excluding carboxylic acids is 1. The molecule has 31 heavy (non-hydrogen) atoms. The van der Waals surface area contributed by atoms with E-state index >= 15 is 0 Å². The van der Waals surface area contributed by atoms with Crippen LogP contribution in [-0.4, -0.2) is 5.97 Å². The zero-order valence-electron chi connectivity index (χ0n) is 16.7. The predicted molar refractivity (Wildman–Crippen MR) is 119 cm³/mol. The number of esters is 1. The minimum atomic E-state index is -0.415. The Bertz CT molecular complexity index is 1190. The molecule has 0 spiro atoms. The van der Waals surface area contributed by atoms with E-state index in [2.05, 4.69) is 6.07 Å². The van der Waals surface area contributed by atoms with E-state index in [0.29, 0.717) is 23.5 Å². The number of carbonyl (C=O) groups is 1. The van der Waals surface area contributed by atoms with Crippen molar-refractivity contribution in [3.05, 3.63) is 120 Å². The molecular formula is C27H19NO3. The average molecular weight is 405 g/mol. The highest BCUT2D eigenvalue weighted by Gasteiger charge is 2.09. The van der Waals surface area contributed by atoms with Crippen LogP contribution in [0, 0.1) is 11.3 Å². The third-order valence-corrected chi connectivity index (χ3v) is 4.75. The van der Waals surface area contributed by atoms with Crippen molar-refractivity contribution >= 4 is 5.97 Å². The fourth-order valence-electron chi connectivity index (χ4n) is 3.04. The van der Waals surface area contributed by atoms with Gasteiger partial charge >= 0.3 is 5.97 Å². The summed E-state index contributed by atoms with van der Waals surface area (Å²) in [6.07, 6.45) is 0. The van der Waals surface area contributed by atoms with Gasteiger partial charge in [0.15, 0.2) is 0 Å². The van der Waals surface area contributed by atoms with Gasteiger partial charge in [-0.3, -0.25) is 0 Å². The molecule has 0 radical (unpaired) electrons. The molecule has 0 aliphatic carbocycles. The lowest BCUT2D eigenvalue weighted by atomic mass is 10.0. The summed E-state index contributed by atoms with van der Waals surface area (Å²) >= 11 is 0. The van der Waals surface area contributed by atoms with Crippen LogP contribution in [0.25, 0.3) is 11.1 Å². The zero-order valence-corrected chi connectivity index (χ0v) is 16.7. The van der Waals surface area contributed by atoms with Gasteiger partial charge in [0.1, 0.15) is 18.1 Å². The van der Waals surface area contributed by atoms with Crippen LogP contribution < -0.4 is 9.47 Å². The fraction of sp³-hybridized carbons (Fsp3) is 0.0370. The number of nitrogens with zero attached hydrogens (tertiary/aromatic N) is 1. The summed E-state index contributed by atoms with van der Waals surface area (Å²) in [4.78, 5) is 12.4. The van der Waals surface area contributed by atoms with E-state index in [9.17, 15) is 4.79 Å². The van der Waals surface area contributed by atoms with Crippen molar-refractivity contribution < 1.29 is 14.3 Å². The van der Waals surface area contributed by atoms with Crippen LogP contribution in [0.4, 0.5) is 0 Å². The lowest BCUT2D eigenvalue weighted by molar-refractivity contribution is 0.0734. The third-order valence-electron chi connectivity index (χ3n) is 4.75. The number of nitriles is 1. The zero-order chi connectivity index (χ0) is 21.5. The Balaban J connectivity index is 1.35. The second kappa shape index (κ2) is 9.43. The maximum Gasteiger partial charge on any atom is 0.343 e. The van der Waals surface area contributed by atoms with E-state index in [1.54, 1.807) is 36.4 Å². The Labute approximate surface area is 180 Å². The summed E-state index contributed by atoms with van der Waals surface area (Å²) in [5.74, 6) is 0.857. The molecule has 0 aliphatic heterocycles. The molecule has 0 amide bonds. The first-order valence-corrected chi connectivity index (χ1v) is 9.81. The van der Waals surface area contributed by atoms with Gasteiger partial charge < -0.3 is 9.47 Å². The maximum absolute atomic E-state index is 12.4. The predicted octanol–water partition coefficient (Wildman–Crippen LogP) is 6.02. The van der Waals surface area contributed by atoms with Crippen LogP contribution in [0.1, 0.15) is 21.5 Å². The molecule has 4 rings (SSSR count). The maximum atomic E-state index is 12.4. The molecule has 0 saturated heterocycles. The van der Waals surface area contributed by atoms with Crippen LogP contribution in [0.5, 0.6) is 11.5 Å². The molecule has 0 saturated carbocycles. The summed E-state index contributed by atoms with van der Waals surface area (Å²) in [7, 11) is 0. The monoisotopic (exact) mass is 405 g/mol. The van der Waals surface area contributed by atoms with Crippen molar-refractivity contribution in [2.75, 3.05) is 0 Å². The number of hydrogen-bond acceptors (Lipinski definition) is 4. The second-order valence-corrected chi connectivity index (χ2v) is 6.90. The van der Waals surface area contributed by atoms with Gasteiger partial charge in [0, 0.05) is 0 Å². The Morgan fingerprint density at radius 1 is 0.710 bits per heavy atom. The molecule has 0 N–H and O–H groups in total. The first kappa shape index (κ1) is 19.9. The molecule has 4 aromatic rings. The molecule has 4 nitrogen and oxygen atoms in total. The summed E-state index contributed by atoms with van der Waals surface area (Å²) in [5, 5.41) is 8.90. The molecule has 4 heteroatoms. The van der Waals surface area contributed by atoms with Crippen LogP contribution in [-0.2, 0) is 6.61 Å². The van der Waals surface area contributed by atoms with Crippen LogP contribution >= 0.6 is 0 Å². The van der Waals surface area contributed by atoms with Gasteiger partial charge in [-0.1, -0.05) is 54.6 Å². The quantitative estimate of drug-likeness (QED) is 0.291. The average Bonchev–Trinajstić information content (AvgIpc) is 2.84. The standard InChI is InChI=1S/C27H19NO3/c28-18-20-6-10-22(11-7-20)23-14-16-26(17-15-23)31-27(29)24-12-8-21(9-13-24)19-30-25-4-2-1-3-5-25/h1-17H,19H2. The molecule has 0 atom stereocenters. The summed E-state index contributed by atoms with van der Waals surface area (Å²) in [5.41, 5.74) is 4.02. The van der Waals surface area contributed by atoms with Gasteiger partial charge in [-0.15, -0.1) is 0 Å². The Morgan fingerprint density at radius 3 is 1.94 bits per heavy atom. The molecule has 0 fully saturated rings. The number of rotatable bonds is 6. The Morgan fingerprint density at radius 2 is 1.32 bits per heavy atom. The largest absolute Gasteiger partial charge is 0.489 e. The highest BCUT2D eigenvalue weighted by molar-refractivity contribution is 5.91. The second-order valence-electron chi connectivity index (χ2n) is 6.90. The van der Waals surface area contributed by atoms with E-state index in [0.717, 1.165) is 22.4 Å². The number of para-hydroxylation sites is 1. The highest BCUT2D eigenvalue weighted by Crippen LogP contribution is 2.23. The molecule has 0 aromatic heterocycles. The van der Waals surface area contributed by atoms with Gasteiger partial charge in [-0.05, 0) is 65.2 Å². The summed E-state index contributed by atoms with van der Waals surface area (Å²) in [6, 6.07) is 33.5. The van der Waals surface area contributed by atoms with Gasteiger partial charge in [-0.2, -0.15) is 5.26 Å². The fourth-order valence-corrected chi connectivity index (χ4v) is 3.04. The minimum Gasteiger partial charge on any atom is -0.489 e. The van der Waals surface area contributed by atoms with E-state index in [1.165, 1.54) is 0 Å². The molecule has 0 heterocycles. The normalized spacial score (nSPS) is 10.2. The molecule has 0 aliphatic rings. The lowest BCUT2D eigenvalue weighted by Crippen LogP contribution is -2.08. The first-order chi connectivity index (χ1) is 15.2. The third kappa shape index (κ3) is 5.17. The topological polar surface area (TPSA) is 59.3 Å². The Kier molecular flexibility index (Phi) is 6.06. The summed E-state index contributed by atoms with van der Waals surface area (Å²) in [6.45, 7) is 0.427. The van der Waals surface area contributed by atoms with Crippen LogP contribution in [0.2, 0.25) is 0 Å². The van der Waals surface area contributed by atoms with Crippen molar-refractivity contribution in [2.45, 2.75) is 6.61 Å². The van der Waals surface area contributed by atoms with E-state index in [4.69, 9.17) is 14.7 Å². The van der Waals surface area contributed by atoms with E-state index in [1.807, 2.05) is 66.7 Å². The number of ether oxygens (including phenoxy) is 2. The SMILES string of the molecule is N#Cc1ccc(-c2ccc(OC(=O)c3ccc(COc4ccccc4)cc3)cc2)cc1. The Hall–Kier alpha value is -4.36. The molecule has 0 bridgehead atoms. The number of hydrogen-bond donors (Lipinski definition) is 0. The van der Waals surface area contributed by atoms with Crippen LogP contribution in [0.15, 0.2) is 103 Å². The minimum absolute atomic E-state index is 0.415. The molecular weight excluding hydrogens is 386 g/mol. The van der Waals surface area contributed by atoms with Crippen molar-refractivity contribution in [3.8, 4) is 28.7 Å². The van der Waals surface area contributed by atoms with E-state index in [-0.39, 0.29) is 0 Å². The molecule has 4 aromatic carbocycles.